The van der Waals surface area contributed by atoms with Crippen LogP contribution in [0.5, 0.6) is 0 Å². The topological polar surface area (TPSA) is 95.6 Å². The van der Waals surface area contributed by atoms with Gasteiger partial charge in [-0.05, 0) is 30.3 Å². The van der Waals surface area contributed by atoms with Gasteiger partial charge < -0.3 is 10.6 Å². The van der Waals surface area contributed by atoms with Crippen LogP contribution in [0.25, 0.3) is 0 Å². The molecule has 1 aliphatic rings. The van der Waals surface area contributed by atoms with E-state index in [9.17, 15) is 31.2 Å². The lowest BCUT2D eigenvalue weighted by Crippen LogP contribution is -2.49. The zero-order valence-corrected chi connectivity index (χ0v) is 15.0. The number of anilines is 1. The molecule has 28 heavy (non-hydrogen) atoms. The molecule has 0 bridgehead atoms. The van der Waals surface area contributed by atoms with Gasteiger partial charge in [-0.15, -0.1) is 0 Å². The number of sulfonamides is 1. The summed E-state index contributed by atoms with van der Waals surface area (Å²) in [7, 11) is -4.04. The highest BCUT2D eigenvalue weighted by atomic mass is 32.2. The molecule has 3 rings (SSSR count). The molecule has 7 nitrogen and oxygen atoms in total. The maximum absolute atomic E-state index is 13.7. The maximum atomic E-state index is 13.7. The Morgan fingerprint density at radius 2 is 1.86 bits per heavy atom. The van der Waals surface area contributed by atoms with Crippen LogP contribution in [0.4, 0.5) is 18.9 Å². The van der Waals surface area contributed by atoms with Crippen molar-refractivity contribution < 1.29 is 31.2 Å². The van der Waals surface area contributed by atoms with E-state index in [-0.39, 0.29) is 30.1 Å². The average Bonchev–Trinajstić information content (AvgIpc) is 2.68. The number of hydrogen-bond donors (Lipinski definition) is 2. The summed E-state index contributed by atoms with van der Waals surface area (Å²) in [5.41, 5.74) is -0.739. The molecule has 0 atom stereocenters. The van der Waals surface area contributed by atoms with Crippen molar-refractivity contribution in [2.24, 2.45) is 0 Å². The van der Waals surface area contributed by atoms with Gasteiger partial charge in [-0.3, -0.25) is 9.59 Å². The summed E-state index contributed by atoms with van der Waals surface area (Å²) < 4.78 is 66.3. The first-order chi connectivity index (χ1) is 13.2. The van der Waals surface area contributed by atoms with Gasteiger partial charge in [0.25, 0.3) is 5.91 Å². The number of amides is 2. The van der Waals surface area contributed by atoms with E-state index in [1.165, 1.54) is 18.2 Å². The van der Waals surface area contributed by atoms with Crippen molar-refractivity contribution in [3.8, 4) is 0 Å². The average molecular weight is 413 g/mol. The molecule has 0 saturated carbocycles. The first-order valence-electron chi connectivity index (χ1n) is 8.02. The van der Waals surface area contributed by atoms with Gasteiger partial charge in [0, 0.05) is 18.7 Å². The second kappa shape index (κ2) is 7.60. The summed E-state index contributed by atoms with van der Waals surface area (Å²) in [4.78, 5) is 23.5. The van der Waals surface area contributed by atoms with E-state index in [2.05, 4.69) is 10.6 Å². The molecule has 0 spiro atoms. The largest absolute Gasteiger partial charge is 0.354 e. The number of halogens is 3. The van der Waals surface area contributed by atoms with Crippen molar-refractivity contribution in [2.75, 3.05) is 25.0 Å². The van der Waals surface area contributed by atoms with Gasteiger partial charge in [-0.2, -0.15) is 4.31 Å². The molecule has 2 N–H and O–H groups in total. The summed E-state index contributed by atoms with van der Waals surface area (Å²) in [5.74, 6) is -6.08. The van der Waals surface area contributed by atoms with Crippen molar-refractivity contribution in [1.29, 1.82) is 0 Å². The van der Waals surface area contributed by atoms with Crippen molar-refractivity contribution in [2.45, 2.75) is 4.90 Å². The van der Waals surface area contributed by atoms with Crippen LogP contribution in [0.15, 0.2) is 41.3 Å². The fourth-order valence-corrected chi connectivity index (χ4v) is 4.03. The number of hydrogen-bond acceptors (Lipinski definition) is 4. The highest BCUT2D eigenvalue weighted by Gasteiger charge is 2.29. The molecule has 0 aliphatic carbocycles. The maximum Gasteiger partial charge on any atom is 0.255 e. The molecule has 1 aliphatic heterocycles. The molecular formula is C17H14F3N3O4S. The van der Waals surface area contributed by atoms with Crippen LogP contribution >= 0.6 is 0 Å². The van der Waals surface area contributed by atoms with E-state index in [1.54, 1.807) is 0 Å². The van der Waals surface area contributed by atoms with Crippen molar-refractivity contribution >= 4 is 27.5 Å². The van der Waals surface area contributed by atoms with Crippen LogP contribution in [-0.4, -0.2) is 44.2 Å². The molecule has 11 heteroatoms. The molecule has 0 unspecified atom stereocenters. The van der Waals surface area contributed by atoms with Gasteiger partial charge in [0.15, 0.2) is 17.5 Å². The molecule has 1 fully saturated rings. The number of nitrogens with one attached hydrogen (secondary N) is 2. The summed E-state index contributed by atoms with van der Waals surface area (Å²) in [6.07, 6.45) is 0. The zero-order chi connectivity index (χ0) is 20.5. The van der Waals surface area contributed by atoms with Crippen LogP contribution in [-0.2, 0) is 14.8 Å². The quantitative estimate of drug-likeness (QED) is 0.743. The zero-order valence-electron chi connectivity index (χ0n) is 14.2. The van der Waals surface area contributed by atoms with E-state index in [1.807, 2.05) is 0 Å². The lowest BCUT2D eigenvalue weighted by atomic mass is 10.2. The van der Waals surface area contributed by atoms with E-state index >= 15 is 0 Å². The van der Waals surface area contributed by atoms with E-state index in [0.717, 1.165) is 16.4 Å². The van der Waals surface area contributed by atoms with Gasteiger partial charge in [0.1, 0.15) is 0 Å². The van der Waals surface area contributed by atoms with Gasteiger partial charge >= 0.3 is 0 Å². The van der Waals surface area contributed by atoms with Gasteiger partial charge in [0.2, 0.25) is 15.9 Å². The molecular weight excluding hydrogens is 399 g/mol. The van der Waals surface area contributed by atoms with Gasteiger partial charge in [-0.1, -0.05) is 6.07 Å². The van der Waals surface area contributed by atoms with E-state index in [4.69, 9.17) is 0 Å². The molecule has 2 aromatic rings. The third kappa shape index (κ3) is 3.85. The predicted octanol–water partition coefficient (Wildman–Crippen LogP) is 1.48. The van der Waals surface area contributed by atoms with Crippen LogP contribution in [0.3, 0.4) is 0 Å². The number of nitrogens with zero attached hydrogens (tertiary/aromatic N) is 1. The van der Waals surface area contributed by atoms with Crippen LogP contribution < -0.4 is 10.6 Å². The van der Waals surface area contributed by atoms with Crippen LogP contribution in [0.2, 0.25) is 0 Å². The number of carbonyl (C=O) groups excluding carboxylic acids is 2. The summed E-state index contributed by atoms with van der Waals surface area (Å²) in [6, 6.07) is 6.36. The SMILES string of the molecule is O=C1CN(S(=O)(=O)c2cccc(C(=O)Nc3ccc(F)c(F)c3F)c2)CCN1. The Bertz CT molecular complexity index is 1060. The Hall–Kier alpha value is -2.92. The minimum atomic E-state index is -4.04. The number of carbonyl (C=O) groups is 2. The van der Waals surface area contributed by atoms with E-state index in [0.29, 0.717) is 6.07 Å². The molecule has 1 heterocycles. The summed E-state index contributed by atoms with van der Waals surface area (Å²) in [6.45, 7) is -0.114. The second-order valence-corrected chi connectivity index (χ2v) is 7.83. The second-order valence-electron chi connectivity index (χ2n) is 5.89. The number of rotatable bonds is 4. The van der Waals surface area contributed by atoms with Crippen LogP contribution in [0, 0.1) is 17.5 Å². The predicted molar refractivity (Wildman–Crippen MR) is 92.5 cm³/mol. The molecule has 0 radical (unpaired) electrons. The Morgan fingerprint density at radius 1 is 1.11 bits per heavy atom. The smallest absolute Gasteiger partial charge is 0.255 e. The lowest BCUT2D eigenvalue weighted by Gasteiger charge is -2.26. The monoisotopic (exact) mass is 413 g/mol. The Balaban J connectivity index is 1.86. The lowest BCUT2D eigenvalue weighted by molar-refractivity contribution is -0.122. The van der Waals surface area contributed by atoms with Crippen molar-refractivity contribution in [3.63, 3.8) is 0 Å². The Labute approximate surface area is 158 Å². The molecule has 2 aromatic carbocycles. The highest BCUT2D eigenvalue weighted by Crippen LogP contribution is 2.22. The number of benzene rings is 2. The van der Waals surface area contributed by atoms with Crippen LogP contribution in [0.1, 0.15) is 10.4 Å². The standard InChI is InChI=1S/C17H14F3N3O4S/c18-12-4-5-13(16(20)15(12)19)22-17(25)10-2-1-3-11(8-10)28(26,27)23-7-6-21-14(24)9-23/h1-5,8H,6-7,9H2,(H,21,24)(H,22,25). The van der Waals surface area contributed by atoms with Gasteiger partial charge in [0.05, 0.1) is 17.1 Å². The third-order valence-corrected chi connectivity index (χ3v) is 5.86. The molecule has 2 amide bonds. The fourth-order valence-electron chi connectivity index (χ4n) is 2.58. The Kier molecular flexibility index (Phi) is 5.38. The van der Waals surface area contributed by atoms with Gasteiger partial charge in [-0.25, -0.2) is 21.6 Å². The summed E-state index contributed by atoms with van der Waals surface area (Å²) in [5, 5.41) is 4.57. The first kappa shape index (κ1) is 19.8. The van der Waals surface area contributed by atoms with Crippen molar-refractivity contribution in [3.05, 3.63) is 59.4 Å². The fraction of sp³-hybridized carbons (Fsp3) is 0.176. The van der Waals surface area contributed by atoms with E-state index < -0.39 is 45.0 Å². The molecule has 148 valence electrons. The minimum absolute atomic E-state index is 0.0740. The molecule has 1 saturated heterocycles. The first-order valence-corrected chi connectivity index (χ1v) is 9.46. The normalized spacial score (nSPS) is 15.2. The molecule has 0 aromatic heterocycles. The van der Waals surface area contributed by atoms with Crippen molar-refractivity contribution in [1.82, 2.24) is 9.62 Å². The highest BCUT2D eigenvalue weighted by molar-refractivity contribution is 7.89. The summed E-state index contributed by atoms with van der Waals surface area (Å²) >= 11 is 0. The third-order valence-electron chi connectivity index (χ3n) is 4.02. The number of piperazine rings is 1. The Morgan fingerprint density at radius 3 is 2.57 bits per heavy atom. The minimum Gasteiger partial charge on any atom is -0.354 e.